The maximum absolute atomic E-state index is 13.4. The van der Waals surface area contributed by atoms with Gasteiger partial charge in [-0.1, -0.05) is 23.8 Å². The first-order valence-corrected chi connectivity index (χ1v) is 9.61. The molecule has 4 aromatic rings. The zero-order valence-electron chi connectivity index (χ0n) is 17.0. The van der Waals surface area contributed by atoms with Crippen LogP contribution in [-0.4, -0.2) is 28.1 Å². The van der Waals surface area contributed by atoms with E-state index in [9.17, 15) is 13.6 Å². The normalized spacial score (nSPS) is 10.8. The summed E-state index contributed by atoms with van der Waals surface area (Å²) in [7, 11) is 1.60. The van der Waals surface area contributed by atoms with Crippen LogP contribution in [-0.2, 0) is 6.54 Å². The highest BCUT2D eigenvalue weighted by Gasteiger charge is 2.15. The Morgan fingerprint density at radius 1 is 0.903 bits per heavy atom. The van der Waals surface area contributed by atoms with Crippen LogP contribution in [0, 0.1) is 18.6 Å². The summed E-state index contributed by atoms with van der Waals surface area (Å²) in [5.74, 6) is -1.33. The number of hydrogen-bond donors (Lipinski definition) is 0. The number of hydrogen-bond acceptors (Lipinski definition) is 4. The van der Waals surface area contributed by atoms with Crippen molar-refractivity contribution in [3.05, 3.63) is 95.1 Å². The van der Waals surface area contributed by atoms with E-state index in [1.54, 1.807) is 31.3 Å². The third kappa shape index (κ3) is 4.50. The Morgan fingerprint density at radius 3 is 2.29 bits per heavy atom. The van der Waals surface area contributed by atoms with Gasteiger partial charge in [0.2, 0.25) is 11.8 Å². The first-order chi connectivity index (χ1) is 14.9. The Bertz CT molecular complexity index is 1240. The summed E-state index contributed by atoms with van der Waals surface area (Å²) in [6.07, 6.45) is 0. The van der Waals surface area contributed by atoms with E-state index in [0.717, 1.165) is 23.3 Å². The van der Waals surface area contributed by atoms with Crippen molar-refractivity contribution in [2.75, 3.05) is 7.05 Å². The number of nitrogens with zero attached hydrogens (tertiary/aromatic N) is 3. The second-order valence-electron chi connectivity index (χ2n) is 7.27. The average Bonchev–Trinajstić information content (AvgIpc) is 3.26. The third-order valence-electron chi connectivity index (χ3n) is 4.82. The van der Waals surface area contributed by atoms with Crippen LogP contribution in [0.2, 0.25) is 0 Å². The Labute approximate surface area is 178 Å². The lowest BCUT2D eigenvalue weighted by Crippen LogP contribution is -2.26. The fourth-order valence-electron chi connectivity index (χ4n) is 3.19. The maximum Gasteiger partial charge on any atom is 0.253 e. The summed E-state index contributed by atoms with van der Waals surface area (Å²) in [4.78, 5) is 14.1. The highest BCUT2D eigenvalue weighted by Crippen LogP contribution is 2.25. The predicted octanol–water partition coefficient (Wildman–Crippen LogP) is 5.26. The molecule has 1 aromatic heterocycles. The molecule has 0 N–H and O–H groups in total. The summed E-state index contributed by atoms with van der Waals surface area (Å²) in [5.41, 5.74) is 3.57. The minimum Gasteiger partial charge on any atom is -0.416 e. The van der Waals surface area contributed by atoms with Crippen LogP contribution >= 0.6 is 0 Å². The Hall–Kier alpha value is -3.87. The Balaban J connectivity index is 1.47. The standard InChI is InChI=1S/C24H19F2N3O2/c1-15-4-3-5-19(12-15)23-28-27-22(31-23)17-7-9-18(10-8-17)24(30)29(2)14-16-6-11-20(25)21(26)13-16/h3-13H,14H2,1-2H3. The van der Waals surface area contributed by atoms with Crippen molar-refractivity contribution in [2.24, 2.45) is 0 Å². The quantitative estimate of drug-likeness (QED) is 0.443. The van der Waals surface area contributed by atoms with Crippen molar-refractivity contribution in [1.82, 2.24) is 15.1 Å². The second-order valence-corrected chi connectivity index (χ2v) is 7.27. The fourth-order valence-corrected chi connectivity index (χ4v) is 3.19. The summed E-state index contributed by atoms with van der Waals surface area (Å²) >= 11 is 0. The molecule has 1 amide bonds. The molecule has 0 atom stereocenters. The first-order valence-electron chi connectivity index (χ1n) is 9.61. The van der Waals surface area contributed by atoms with E-state index in [-0.39, 0.29) is 12.5 Å². The number of rotatable bonds is 5. The maximum atomic E-state index is 13.4. The van der Waals surface area contributed by atoms with E-state index >= 15 is 0 Å². The van der Waals surface area contributed by atoms with E-state index in [4.69, 9.17) is 4.42 Å². The largest absolute Gasteiger partial charge is 0.416 e. The van der Waals surface area contributed by atoms with Gasteiger partial charge in [0.05, 0.1) is 0 Å². The predicted molar refractivity (Wildman–Crippen MR) is 112 cm³/mol. The molecule has 0 radical (unpaired) electrons. The van der Waals surface area contributed by atoms with Crippen LogP contribution in [0.3, 0.4) is 0 Å². The fraction of sp³-hybridized carbons (Fsp3) is 0.125. The first kappa shape index (κ1) is 20.4. The molecule has 0 bridgehead atoms. The van der Waals surface area contributed by atoms with Crippen molar-refractivity contribution < 1.29 is 18.0 Å². The smallest absolute Gasteiger partial charge is 0.253 e. The SMILES string of the molecule is Cc1cccc(-c2nnc(-c3ccc(C(=O)N(C)Cc4ccc(F)c(F)c4)cc3)o2)c1. The molecular weight excluding hydrogens is 400 g/mol. The topological polar surface area (TPSA) is 59.2 Å². The molecule has 7 heteroatoms. The Morgan fingerprint density at radius 2 is 1.61 bits per heavy atom. The van der Waals surface area contributed by atoms with Crippen LogP contribution in [0.1, 0.15) is 21.5 Å². The van der Waals surface area contributed by atoms with E-state index in [0.29, 0.717) is 28.5 Å². The van der Waals surface area contributed by atoms with Crippen LogP contribution in [0.15, 0.2) is 71.1 Å². The van der Waals surface area contributed by atoms with Gasteiger partial charge in [-0.3, -0.25) is 4.79 Å². The molecule has 0 fully saturated rings. The van der Waals surface area contributed by atoms with E-state index in [1.807, 2.05) is 31.2 Å². The van der Waals surface area contributed by atoms with Crippen molar-refractivity contribution in [2.45, 2.75) is 13.5 Å². The van der Waals surface area contributed by atoms with Crippen molar-refractivity contribution in [3.8, 4) is 22.9 Å². The molecule has 0 unspecified atom stereocenters. The summed E-state index contributed by atoms with van der Waals surface area (Å²) in [6, 6.07) is 18.1. The van der Waals surface area contributed by atoms with Crippen LogP contribution in [0.4, 0.5) is 8.78 Å². The van der Waals surface area contributed by atoms with Crippen molar-refractivity contribution in [1.29, 1.82) is 0 Å². The lowest BCUT2D eigenvalue weighted by Gasteiger charge is -2.17. The molecule has 0 saturated heterocycles. The number of halogens is 2. The van der Waals surface area contributed by atoms with Gasteiger partial charge in [0.25, 0.3) is 5.91 Å². The van der Waals surface area contributed by atoms with Gasteiger partial charge in [-0.15, -0.1) is 10.2 Å². The van der Waals surface area contributed by atoms with E-state index < -0.39 is 11.6 Å². The summed E-state index contributed by atoms with van der Waals surface area (Å²) in [5, 5.41) is 8.20. The van der Waals surface area contributed by atoms with Gasteiger partial charge in [-0.05, 0) is 61.0 Å². The average molecular weight is 419 g/mol. The molecular formula is C24H19F2N3O2. The Kier molecular flexibility index (Phi) is 5.58. The lowest BCUT2D eigenvalue weighted by molar-refractivity contribution is 0.0785. The van der Waals surface area contributed by atoms with Crippen LogP contribution in [0.25, 0.3) is 22.9 Å². The molecule has 0 aliphatic rings. The zero-order chi connectivity index (χ0) is 22.0. The highest BCUT2D eigenvalue weighted by atomic mass is 19.2. The molecule has 0 aliphatic heterocycles. The van der Waals surface area contributed by atoms with Crippen molar-refractivity contribution >= 4 is 5.91 Å². The molecule has 1 heterocycles. The van der Waals surface area contributed by atoms with Gasteiger partial charge in [-0.25, -0.2) is 8.78 Å². The lowest BCUT2D eigenvalue weighted by atomic mass is 10.1. The molecule has 0 spiro atoms. The van der Waals surface area contributed by atoms with E-state index in [1.165, 1.54) is 11.0 Å². The van der Waals surface area contributed by atoms with Crippen molar-refractivity contribution in [3.63, 3.8) is 0 Å². The van der Waals surface area contributed by atoms with Gasteiger partial charge < -0.3 is 9.32 Å². The number of aryl methyl sites for hydroxylation is 1. The summed E-state index contributed by atoms with van der Waals surface area (Å²) in [6.45, 7) is 2.14. The monoisotopic (exact) mass is 419 g/mol. The van der Waals surface area contributed by atoms with Gasteiger partial charge in [-0.2, -0.15) is 0 Å². The minimum atomic E-state index is -0.938. The van der Waals surface area contributed by atoms with E-state index in [2.05, 4.69) is 10.2 Å². The number of carbonyl (C=O) groups excluding carboxylic acids is 1. The van der Waals surface area contributed by atoms with Crippen LogP contribution < -0.4 is 0 Å². The molecule has 4 rings (SSSR count). The van der Waals surface area contributed by atoms with Gasteiger partial charge in [0.15, 0.2) is 11.6 Å². The minimum absolute atomic E-state index is 0.154. The van der Waals surface area contributed by atoms with Gasteiger partial charge >= 0.3 is 0 Å². The number of carbonyl (C=O) groups is 1. The molecule has 0 saturated carbocycles. The van der Waals surface area contributed by atoms with Gasteiger partial charge in [0, 0.05) is 30.3 Å². The van der Waals surface area contributed by atoms with Gasteiger partial charge in [0.1, 0.15) is 0 Å². The number of aromatic nitrogens is 2. The molecule has 0 aliphatic carbocycles. The third-order valence-corrected chi connectivity index (χ3v) is 4.82. The molecule has 156 valence electrons. The summed E-state index contributed by atoms with van der Waals surface area (Å²) < 4.78 is 32.2. The number of amides is 1. The number of benzene rings is 3. The second kappa shape index (κ2) is 8.47. The van der Waals surface area contributed by atoms with Crippen LogP contribution in [0.5, 0.6) is 0 Å². The molecule has 5 nitrogen and oxygen atoms in total. The highest BCUT2D eigenvalue weighted by molar-refractivity contribution is 5.94. The molecule has 31 heavy (non-hydrogen) atoms. The zero-order valence-corrected chi connectivity index (χ0v) is 17.0. The molecule has 3 aromatic carbocycles.